The zero-order valence-corrected chi connectivity index (χ0v) is 22.8. The largest absolute Gasteiger partial charge is 0.393 e. The van der Waals surface area contributed by atoms with Crippen LogP contribution in [0.2, 0.25) is 0 Å². The maximum absolute atomic E-state index is 13.4. The van der Waals surface area contributed by atoms with E-state index >= 15 is 0 Å². The molecular formula is C23H34F3N3O4S2. The number of alkyl halides is 3. The summed E-state index contributed by atoms with van der Waals surface area (Å²) >= 11 is 0. The Hall–Kier alpha value is -1.89. The minimum absolute atomic E-state index is 0.0360. The minimum Gasteiger partial charge on any atom is -0.343 e. The van der Waals surface area contributed by atoms with E-state index in [1.807, 2.05) is 20.8 Å². The molecule has 0 bridgehead atoms. The molecule has 0 aliphatic carbocycles. The highest BCUT2D eigenvalue weighted by Gasteiger charge is 2.37. The molecule has 0 aliphatic heterocycles. The number of benzene rings is 1. The Morgan fingerprint density at radius 3 is 1.94 bits per heavy atom. The number of rotatable bonds is 6. The first-order chi connectivity index (χ1) is 15.4. The van der Waals surface area contributed by atoms with Crippen molar-refractivity contribution in [2.45, 2.75) is 88.9 Å². The molecule has 1 atom stereocenters. The van der Waals surface area contributed by atoms with E-state index in [1.54, 1.807) is 26.8 Å². The van der Waals surface area contributed by atoms with Crippen molar-refractivity contribution >= 4 is 20.0 Å². The van der Waals surface area contributed by atoms with Crippen LogP contribution in [0.25, 0.3) is 11.3 Å². The Kier molecular flexibility index (Phi) is 7.72. The monoisotopic (exact) mass is 537 g/mol. The topological polar surface area (TPSA) is 111 Å². The first-order valence-electron chi connectivity index (χ1n) is 10.9. The number of hydrogen-bond donors (Lipinski definition) is 2. The summed E-state index contributed by atoms with van der Waals surface area (Å²) in [4.78, 5) is -0.251. The van der Waals surface area contributed by atoms with Gasteiger partial charge in [0.05, 0.1) is 10.8 Å². The molecular weight excluding hydrogens is 503 g/mol. The Labute approximate surface area is 206 Å². The third-order valence-corrected chi connectivity index (χ3v) is 8.30. The van der Waals surface area contributed by atoms with Crippen molar-refractivity contribution in [3.63, 3.8) is 0 Å². The van der Waals surface area contributed by atoms with Gasteiger partial charge in [0.25, 0.3) is 0 Å². The summed E-state index contributed by atoms with van der Waals surface area (Å²) in [5, 5.41) is 5.32. The van der Waals surface area contributed by atoms with Crippen molar-refractivity contribution in [3.8, 4) is 11.3 Å². The lowest BCUT2D eigenvalue weighted by Gasteiger charge is -2.27. The van der Waals surface area contributed by atoms with E-state index in [2.05, 4.69) is 4.72 Å². The molecule has 0 radical (unpaired) electrons. The summed E-state index contributed by atoms with van der Waals surface area (Å²) in [6.07, 6.45) is -4.50. The number of nitrogens with two attached hydrogens (primary N) is 1. The van der Waals surface area contributed by atoms with Gasteiger partial charge in [-0.3, -0.25) is 0 Å². The molecule has 0 saturated carbocycles. The van der Waals surface area contributed by atoms with E-state index in [4.69, 9.17) is 5.14 Å². The molecule has 2 rings (SSSR count). The van der Waals surface area contributed by atoms with Gasteiger partial charge in [-0.2, -0.15) is 13.2 Å². The molecule has 3 N–H and O–H groups in total. The number of primary sulfonamides is 1. The van der Waals surface area contributed by atoms with Crippen LogP contribution in [0, 0.1) is 12.8 Å². The Morgan fingerprint density at radius 2 is 1.51 bits per heavy atom. The standard InChI is InChI=1S/C23H34F3N3O4S2/c1-14(23(24,25)26)13-29-15(2)20(34(27,30)31)12-18(29)16-9-10-19(17(11-16)21(3,4)5)35(32,33)28-22(6,7)8/h9-12,14,28H,13H2,1-8H3,(H2,27,30,31). The molecule has 2 aromatic rings. The van der Waals surface area contributed by atoms with Crippen LogP contribution in [0.5, 0.6) is 0 Å². The highest BCUT2D eigenvalue weighted by molar-refractivity contribution is 7.89. The second-order valence-corrected chi connectivity index (χ2v) is 14.1. The molecule has 1 aromatic carbocycles. The van der Waals surface area contributed by atoms with E-state index in [0.29, 0.717) is 11.1 Å². The summed E-state index contributed by atoms with van der Waals surface area (Å²) in [6, 6.07) is 5.66. The van der Waals surface area contributed by atoms with Crippen LogP contribution >= 0.6 is 0 Å². The second-order valence-electron chi connectivity index (χ2n) is 10.9. The molecule has 1 aromatic heterocycles. The van der Waals surface area contributed by atoms with Crippen molar-refractivity contribution in [2.75, 3.05) is 0 Å². The summed E-state index contributed by atoms with van der Waals surface area (Å²) in [6.45, 7) is 12.4. The van der Waals surface area contributed by atoms with Crippen LogP contribution < -0.4 is 9.86 Å². The summed E-state index contributed by atoms with van der Waals surface area (Å²) in [5.74, 6) is -1.77. The molecule has 0 aliphatic rings. The van der Waals surface area contributed by atoms with Gasteiger partial charge in [0, 0.05) is 23.5 Å². The lowest BCUT2D eigenvalue weighted by Crippen LogP contribution is -2.41. The zero-order valence-electron chi connectivity index (χ0n) is 21.2. The maximum atomic E-state index is 13.4. The van der Waals surface area contributed by atoms with E-state index in [0.717, 1.165) is 6.92 Å². The molecule has 198 valence electrons. The molecule has 35 heavy (non-hydrogen) atoms. The highest BCUT2D eigenvalue weighted by atomic mass is 32.2. The first-order valence-corrected chi connectivity index (χ1v) is 14.0. The normalized spacial score (nSPS) is 14.9. The van der Waals surface area contributed by atoms with Crippen molar-refractivity contribution in [2.24, 2.45) is 11.1 Å². The van der Waals surface area contributed by atoms with Gasteiger partial charge >= 0.3 is 6.18 Å². The molecule has 0 spiro atoms. The van der Waals surface area contributed by atoms with Gasteiger partial charge in [-0.1, -0.05) is 33.8 Å². The SMILES string of the molecule is Cc1c(S(N)(=O)=O)cc(-c2ccc(S(=O)(=O)NC(C)(C)C)c(C(C)(C)C)c2)n1CC(C)C(F)(F)F. The molecule has 1 unspecified atom stereocenters. The van der Waals surface area contributed by atoms with Gasteiger partial charge in [0.1, 0.15) is 4.90 Å². The van der Waals surface area contributed by atoms with Gasteiger partial charge in [-0.15, -0.1) is 0 Å². The van der Waals surface area contributed by atoms with Gasteiger partial charge in [-0.25, -0.2) is 26.7 Å². The Morgan fingerprint density at radius 1 is 0.971 bits per heavy atom. The van der Waals surface area contributed by atoms with Gasteiger partial charge in [0.15, 0.2) is 0 Å². The third kappa shape index (κ3) is 6.87. The van der Waals surface area contributed by atoms with E-state index in [9.17, 15) is 30.0 Å². The number of aromatic nitrogens is 1. The predicted molar refractivity (Wildman–Crippen MR) is 130 cm³/mol. The van der Waals surface area contributed by atoms with Crippen LogP contribution in [0.4, 0.5) is 13.2 Å². The molecule has 1 heterocycles. The summed E-state index contributed by atoms with van der Waals surface area (Å²) in [5.41, 5.74) is -0.332. The van der Waals surface area contributed by atoms with Crippen LogP contribution in [0.15, 0.2) is 34.1 Å². The average molecular weight is 538 g/mol. The quantitative estimate of drug-likeness (QED) is 0.557. The molecule has 12 heteroatoms. The van der Waals surface area contributed by atoms with Crippen molar-refractivity contribution in [1.82, 2.24) is 9.29 Å². The third-order valence-electron chi connectivity index (χ3n) is 5.46. The molecule has 0 fully saturated rings. The van der Waals surface area contributed by atoms with Crippen molar-refractivity contribution < 1.29 is 30.0 Å². The number of halogens is 3. The Bertz CT molecular complexity index is 1320. The first kappa shape index (κ1) is 29.3. The van der Waals surface area contributed by atoms with E-state index < -0.39 is 49.6 Å². The fraction of sp³-hybridized carbons (Fsp3) is 0.565. The van der Waals surface area contributed by atoms with Crippen LogP contribution in [-0.4, -0.2) is 33.1 Å². The van der Waals surface area contributed by atoms with Gasteiger partial charge < -0.3 is 4.57 Å². The smallest absolute Gasteiger partial charge is 0.343 e. The molecule has 0 amide bonds. The predicted octanol–water partition coefficient (Wildman–Crippen LogP) is 4.68. The fourth-order valence-electron chi connectivity index (χ4n) is 3.73. The number of nitrogens with zero attached hydrogens (tertiary/aromatic N) is 1. The lowest BCUT2D eigenvalue weighted by molar-refractivity contribution is -0.172. The second kappa shape index (κ2) is 9.20. The fourth-order valence-corrected chi connectivity index (χ4v) is 6.34. The van der Waals surface area contributed by atoms with Crippen molar-refractivity contribution in [3.05, 3.63) is 35.5 Å². The van der Waals surface area contributed by atoms with E-state index in [-0.39, 0.29) is 21.2 Å². The number of hydrogen-bond acceptors (Lipinski definition) is 4. The van der Waals surface area contributed by atoms with Crippen LogP contribution in [-0.2, 0) is 32.0 Å². The van der Waals surface area contributed by atoms with Crippen LogP contribution in [0.1, 0.15) is 59.7 Å². The zero-order chi connectivity index (χ0) is 27.4. The van der Waals surface area contributed by atoms with Gasteiger partial charge in [0.2, 0.25) is 20.0 Å². The summed E-state index contributed by atoms with van der Waals surface area (Å²) < 4.78 is 94.5. The Balaban J connectivity index is 2.83. The van der Waals surface area contributed by atoms with Crippen molar-refractivity contribution in [1.29, 1.82) is 0 Å². The average Bonchev–Trinajstić information content (AvgIpc) is 2.94. The summed E-state index contributed by atoms with van der Waals surface area (Å²) in [7, 11) is -8.14. The minimum atomic E-state index is -4.50. The van der Waals surface area contributed by atoms with Gasteiger partial charge in [-0.05, 0) is 62.4 Å². The lowest BCUT2D eigenvalue weighted by atomic mass is 9.86. The molecule has 7 nitrogen and oxygen atoms in total. The number of nitrogens with one attached hydrogen (secondary N) is 1. The highest BCUT2D eigenvalue weighted by Crippen LogP contribution is 2.37. The van der Waals surface area contributed by atoms with E-state index in [1.165, 1.54) is 29.7 Å². The number of sulfonamides is 2. The molecule has 0 saturated heterocycles. The maximum Gasteiger partial charge on any atom is 0.393 e. The van der Waals surface area contributed by atoms with Crippen LogP contribution in [0.3, 0.4) is 0 Å².